The molecule has 2 aromatic heterocycles. The second-order valence-corrected chi connectivity index (χ2v) is 13.5. The number of hydrogen-bond acceptors (Lipinski definition) is 14. The molecule has 4 N–H and O–H groups in total. The number of nitrogens with zero attached hydrogens (tertiary/aromatic N) is 3. The first-order chi connectivity index (χ1) is 21.9. The number of hydrogen-bond donors (Lipinski definition) is 3. The van der Waals surface area contributed by atoms with Gasteiger partial charge in [-0.15, -0.1) is 46.2 Å². The van der Waals surface area contributed by atoms with Crippen LogP contribution in [-0.4, -0.2) is 81.1 Å². The van der Waals surface area contributed by atoms with E-state index in [1.165, 1.54) is 19.4 Å². The van der Waals surface area contributed by atoms with E-state index < -0.39 is 73.7 Å². The first-order valence-electron chi connectivity index (χ1n) is 12.9. The number of rotatable bonds is 10. The molecule has 20 heteroatoms. The van der Waals surface area contributed by atoms with E-state index >= 15 is 0 Å². The standard InChI is InChI=1S/C26H20F3N5O8S4/c1-3-42-24(40)12-18(35)9-4-10(27)13(28)14(29)19(9)46-25(12)44-6-8-5-43-22-16(21(37)34(22)17(8)23(38)39)32-20(36)15(33-41-2)11-7-45-26(30)31-11/h4,7,16,22H,3,5-6H2,1-2H3,(H2,30,31)(H,32,36)(H,38,39)/b33-15+/t16-,22-/m1/s1. The Morgan fingerprint density at radius 2 is 2.00 bits per heavy atom. The highest BCUT2D eigenvalue weighted by Crippen LogP contribution is 2.43. The summed E-state index contributed by atoms with van der Waals surface area (Å²) in [4.78, 5) is 74.1. The molecule has 2 amide bonds. The van der Waals surface area contributed by atoms with Crippen LogP contribution >= 0.6 is 46.2 Å². The predicted octanol–water partition coefficient (Wildman–Crippen LogP) is 2.78. The van der Waals surface area contributed by atoms with Gasteiger partial charge in [0.05, 0.1) is 15.5 Å². The van der Waals surface area contributed by atoms with E-state index in [9.17, 15) is 42.3 Å². The minimum Gasteiger partial charge on any atom is -0.477 e. The summed E-state index contributed by atoms with van der Waals surface area (Å²) >= 11 is 3.46. The lowest BCUT2D eigenvalue weighted by Gasteiger charge is -2.49. The van der Waals surface area contributed by atoms with Crippen molar-refractivity contribution >= 4 is 90.9 Å². The van der Waals surface area contributed by atoms with Crippen molar-refractivity contribution in [1.82, 2.24) is 15.2 Å². The third kappa shape index (κ3) is 5.92. The number of thiazole rings is 1. The van der Waals surface area contributed by atoms with Crippen LogP contribution in [0.3, 0.4) is 0 Å². The summed E-state index contributed by atoms with van der Waals surface area (Å²) in [7, 11) is 1.21. The van der Waals surface area contributed by atoms with Gasteiger partial charge < -0.3 is 25.7 Å². The Morgan fingerprint density at radius 3 is 2.63 bits per heavy atom. The fraction of sp³-hybridized carbons (Fsp3) is 0.269. The molecular weight excluding hydrogens is 696 g/mol. The van der Waals surface area contributed by atoms with Crippen molar-refractivity contribution in [3.05, 3.63) is 61.6 Å². The summed E-state index contributed by atoms with van der Waals surface area (Å²) in [6, 6.07) is -0.633. The highest BCUT2D eigenvalue weighted by atomic mass is 32.2. The monoisotopic (exact) mass is 715 g/mol. The number of nitrogens with two attached hydrogens (primary N) is 1. The van der Waals surface area contributed by atoms with Crippen molar-refractivity contribution in [1.29, 1.82) is 0 Å². The van der Waals surface area contributed by atoms with Crippen LogP contribution < -0.4 is 16.5 Å². The zero-order valence-corrected chi connectivity index (χ0v) is 26.7. The SMILES string of the molecule is CCOC(=O)c1c(SCC2=C(C(=O)O)N3C(=O)[C@@H](NC(=O)/C(=N/OC)c4csc(N)n4)[C@H]3SC2)sc2c(F)c(F)c(F)cc2c1=O. The quantitative estimate of drug-likeness (QED) is 0.0696. The third-order valence-corrected chi connectivity index (χ3v) is 11.1. The Balaban J connectivity index is 1.43. The average Bonchev–Trinajstić information content (AvgIpc) is 3.45. The maximum Gasteiger partial charge on any atom is 0.352 e. The lowest BCUT2D eigenvalue weighted by Crippen LogP contribution is -2.71. The van der Waals surface area contributed by atoms with Crippen molar-refractivity contribution in [3.8, 4) is 0 Å². The number of halogens is 3. The number of nitrogens with one attached hydrogen (secondary N) is 1. The maximum atomic E-state index is 14.7. The number of benzene rings is 1. The van der Waals surface area contributed by atoms with Gasteiger partial charge in [0.25, 0.3) is 11.8 Å². The van der Waals surface area contributed by atoms with Gasteiger partial charge in [0, 0.05) is 22.3 Å². The highest BCUT2D eigenvalue weighted by Gasteiger charge is 2.54. The first kappa shape index (κ1) is 33.2. The van der Waals surface area contributed by atoms with Crippen molar-refractivity contribution in [3.63, 3.8) is 0 Å². The lowest BCUT2D eigenvalue weighted by atomic mass is 10.0. The Morgan fingerprint density at radius 1 is 1.26 bits per heavy atom. The van der Waals surface area contributed by atoms with Crippen LogP contribution in [0, 0.1) is 17.5 Å². The number of anilines is 1. The Labute approximate surface area is 272 Å². The van der Waals surface area contributed by atoms with E-state index in [1.54, 1.807) is 0 Å². The molecule has 13 nitrogen and oxygen atoms in total. The smallest absolute Gasteiger partial charge is 0.352 e. The Hall–Kier alpha value is -4.14. The fourth-order valence-corrected chi connectivity index (χ4v) is 9.00. The van der Waals surface area contributed by atoms with E-state index in [2.05, 4.69) is 15.5 Å². The van der Waals surface area contributed by atoms with E-state index in [1.807, 2.05) is 0 Å². The second-order valence-electron chi connectivity index (χ2n) is 9.28. The molecule has 242 valence electrons. The molecule has 0 unspecified atom stereocenters. The number of amides is 2. The summed E-state index contributed by atoms with van der Waals surface area (Å²) in [6.07, 6.45) is 0. The number of carbonyl (C=O) groups excluding carboxylic acids is 3. The molecule has 46 heavy (non-hydrogen) atoms. The number of carbonyl (C=O) groups is 4. The third-order valence-electron chi connectivity index (χ3n) is 6.54. The molecule has 4 heterocycles. The van der Waals surface area contributed by atoms with Gasteiger partial charge in [-0.25, -0.2) is 27.7 Å². The summed E-state index contributed by atoms with van der Waals surface area (Å²) in [5.74, 6) is -9.28. The summed E-state index contributed by atoms with van der Waals surface area (Å²) in [6.45, 7) is 1.35. The number of carboxylic acid groups (broad SMARTS) is 1. The number of β-lactam (4-membered cyclic amide) rings is 1. The number of thioether (sulfide) groups is 2. The van der Waals surface area contributed by atoms with Gasteiger partial charge in [-0.1, -0.05) is 5.16 Å². The van der Waals surface area contributed by atoms with Crippen LogP contribution in [0.15, 0.2) is 36.9 Å². The minimum absolute atomic E-state index is 0.0442. The molecule has 5 rings (SSSR count). The molecule has 0 bridgehead atoms. The van der Waals surface area contributed by atoms with Gasteiger partial charge in [-0.05, 0) is 18.6 Å². The second kappa shape index (κ2) is 13.3. The van der Waals surface area contributed by atoms with Gasteiger partial charge in [-0.2, -0.15) is 0 Å². The fourth-order valence-electron chi connectivity index (χ4n) is 4.55. The molecule has 0 aliphatic carbocycles. The number of nitrogen functional groups attached to an aromatic ring is 1. The molecular formula is C26H20F3N5O8S4. The summed E-state index contributed by atoms with van der Waals surface area (Å²) < 4.78 is 46.9. The molecule has 2 aliphatic rings. The molecule has 2 aliphatic heterocycles. The van der Waals surface area contributed by atoms with Gasteiger partial charge in [0.1, 0.15) is 35.5 Å². The highest BCUT2D eigenvalue weighted by molar-refractivity contribution is 8.02. The van der Waals surface area contributed by atoms with E-state index in [0.29, 0.717) is 17.4 Å². The number of ether oxygens (including phenoxy) is 1. The van der Waals surface area contributed by atoms with Gasteiger partial charge in [0.2, 0.25) is 5.43 Å². The maximum absolute atomic E-state index is 14.7. The zero-order valence-electron chi connectivity index (χ0n) is 23.4. The lowest BCUT2D eigenvalue weighted by molar-refractivity contribution is -0.150. The number of carboxylic acids is 1. The molecule has 1 fully saturated rings. The van der Waals surface area contributed by atoms with Crippen LogP contribution in [0.2, 0.25) is 0 Å². The molecule has 0 spiro atoms. The number of esters is 1. The Bertz CT molecular complexity index is 1930. The molecule has 2 atom stereocenters. The predicted molar refractivity (Wildman–Crippen MR) is 164 cm³/mol. The molecule has 1 saturated heterocycles. The number of oxime groups is 1. The molecule has 3 aromatic rings. The van der Waals surface area contributed by atoms with Crippen molar-refractivity contribution in [2.24, 2.45) is 5.16 Å². The first-order valence-corrected chi connectivity index (χ1v) is 16.6. The van der Waals surface area contributed by atoms with Crippen LogP contribution in [-0.2, 0) is 24.0 Å². The molecule has 1 aromatic carbocycles. The average molecular weight is 716 g/mol. The zero-order chi connectivity index (χ0) is 33.4. The largest absolute Gasteiger partial charge is 0.477 e. The van der Waals surface area contributed by atoms with E-state index in [0.717, 1.165) is 39.8 Å². The van der Waals surface area contributed by atoms with E-state index in [-0.39, 0.29) is 50.1 Å². The van der Waals surface area contributed by atoms with Crippen molar-refractivity contribution < 1.29 is 47.0 Å². The Kier molecular flexibility index (Phi) is 9.61. The normalized spacial score (nSPS) is 17.9. The van der Waals surface area contributed by atoms with Crippen molar-refractivity contribution in [2.45, 2.75) is 22.5 Å². The van der Waals surface area contributed by atoms with Gasteiger partial charge >= 0.3 is 11.9 Å². The number of aromatic nitrogens is 1. The topological polar surface area (TPSA) is 191 Å². The number of aliphatic carboxylic acids is 1. The molecule has 0 radical (unpaired) electrons. The van der Waals surface area contributed by atoms with Crippen LogP contribution in [0.5, 0.6) is 0 Å². The van der Waals surface area contributed by atoms with Gasteiger partial charge in [-0.3, -0.25) is 19.3 Å². The molecule has 0 saturated carbocycles. The van der Waals surface area contributed by atoms with Crippen LogP contribution in [0.4, 0.5) is 18.3 Å². The van der Waals surface area contributed by atoms with Gasteiger partial charge in [0.15, 0.2) is 28.3 Å². The minimum atomic E-state index is -1.80. The van der Waals surface area contributed by atoms with Crippen molar-refractivity contribution in [2.75, 3.05) is 31.0 Å². The van der Waals surface area contributed by atoms with Crippen LogP contribution in [0.25, 0.3) is 10.1 Å². The summed E-state index contributed by atoms with van der Waals surface area (Å²) in [5.41, 5.74) is 3.68. The van der Waals surface area contributed by atoms with Crippen LogP contribution in [0.1, 0.15) is 23.0 Å². The van der Waals surface area contributed by atoms with E-state index in [4.69, 9.17) is 15.3 Å². The number of fused-ring (bicyclic) bond motifs is 2. The summed E-state index contributed by atoms with van der Waals surface area (Å²) in [5, 5.41) is 16.5.